The minimum atomic E-state index is 0.881. The topological polar surface area (TPSA) is 24.4 Å². The minimum Gasteiger partial charge on any atom is -0.361 e. The molecule has 0 heterocycles. The van der Waals surface area contributed by atoms with E-state index in [4.69, 9.17) is 0 Å². The summed E-state index contributed by atoms with van der Waals surface area (Å²) in [5, 5.41) is 4.67. The van der Waals surface area contributed by atoms with Crippen molar-refractivity contribution in [3.8, 4) is 0 Å². The predicted octanol–water partition coefficient (Wildman–Crippen LogP) is 3.60. The van der Waals surface area contributed by atoms with Crippen molar-refractivity contribution in [1.29, 1.82) is 0 Å². The second-order valence-corrected chi connectivity index (χ2v) is 3.26. The van der Waals surface area contributed by atoms with Gasteiger partial charge in [0.2, 0.25) is 0 Å². The van der Waals surface area contributed by atoms with Crippen molar-refractivity contribution < 1.29 is 0 Å². The highest BCUT2D eigenvalue weighted by Gasteiger charge is 1.85. The van der Waals surface area contributed by atoms with Crippen LogP contribution in [0.4, 0.5) is 0 Å². The quantitative estimate of drug-likeness (QED) is 0.409. The molecule has 0 aliphatic carbocycles. The van der Waals surface area contributed by atoms with Crippen LogP contribution in [0, 0.1) is 0 Å². The molecule has 0 atom stereocenters. The predicted molar refractivity (Wildman–Crippen MR) is 76.6 cm³/mol. The standard InChI is InChI=1S/C13H18N2S/c1-4-6-7-13(15-5-2)11-14-10-12(3)8-9-16/h4-11,15-16H,2H2,1,3H3/b6-4-,9-8-,12-10+,13-7+,14-11-. The molecule has 0 aromatic carbocycles. The monoisotopic (exact) mass is 234 g/mol. The first-order valence-electron chi connectivity index (χ1n) is 4.95. The Morgan fingerprint density at radius 3 is 2.75 bits per heavy atom. The van der Waals surface area contributed by atoms with Gasteiger partial charge >= 0.3 is 0 Å². The van der Waals surface area contributed by atoms with Gasteiger partial charge in [-0.15, -0.1) is 0 Å². The molecule has 0 bridgehead atoms. The molecule has 86 valence electrons. The number of thiol groups is 1. The van der Waals surface area contributed by atoms with E-state index >= 15 is 0 Å². The van der Waals surface area contributed by atoms with Crippen LogP contribution in [-0.2, 0) is 0 Å². The molecule has 2 nitrogen and oxygen atoms in total. The zero-order valence-corrected chi connectivity index (χ0v) is 10.6. The third-order valence-electron chi connectivity index (χ3n) is 1.57. The highest BCUT2D eigenvalue weighted by atomic mass is 32.1. The second kappa shape index (κ2) is 10.1. The Labute approximate surface area is 103 Å². The van der Waals surface area contributed by atoms with E-state index in [0.29, 0.717) is 0 Å². The minimum absolute atomic E-state index is 0.881. The van der Waals surface area contributed by atoms with E-state index in [-0.39, 0.29) is 0 Å². The normalized spacial score (nSPS) is 14.2. The molecule has 3 heteroatoms. The van der Waals surface area contributed by atoms with Gasteiger partial charge in [-0.25, -0.2) is 0 Å². The molecule has 0 radical (unpaired) electrons. The van der Waals surface area contributed by atoms with Crippen LogP contribution < -0.4 is 5.32 Å². The molecule has 0 unspecified atom stereocenters. The maximum Gasteiger partial charge on any atom is 0.0565 e. The van der Waals surface area contributed by atoms with Gasteiger partial charge in [0, 0.05) is 6.20 Å². The number of allylic oxidation sites excluding steroid dienone is 6. The molecule has 0 amide bonds. The Morgan fingerprint density at radius 1 is 1.44 bits per heavy atom. The van der Waals surface area contributed by atoms with Crippen LogP contribution in [0.2, 0.25) is 0 Å². The van der Waals surface area contributed by atoms with Crippen molar-refractivity contribution in [2.24, 2.45) is 4.99 Å². The van der Waals surface area contributed by atoms with E-state index in [1.165, 1.54) is 0 Å². The Bertz CT molecular complexity index is 347. The van der Waals surface area contributed by atoms with Crippen LogP contribution in [0.1, 0.15) is 13.8 Å². The molecular weight excluding hydrogens is 216 g/mol. The lowest BCUT2D eigenvalue weighted by molar-refractivity contribution is 1.15. The first-order chi connectivity index (χ1) is 7.74. The largest absolute Gasteiger partial charge is 0.361 e. The fourth-order valence-corrected chi connectivity index (χ4v) is 1.08. The van der Waals surface area contributed by atoms with E-state index in [0.717, 1.165) is 11.3 Å². The van der Waals surface area contributed by atoms with E-state index in [1.54, 1.807) is 24.0 Å². The summed E-state index contributed by atoms with van der Waals surface area (Å²) in [5.74, 6) is 0. The highest BCUT2D eigenvalue weighted by Crippen LogP contribution is 1.96. The third kappa shape index (κ3) is 7.88. The number of hydrogen-bond acceptors (Lipinski definition) is 3. The van der Waals surface area contributed by atoms with E-state index in [1.807, 2.05) is 38.2 Å². The Balaban J connectivity index is 4.56. The molecule has 16 heavy (non-hydrogen) atoms. The molecule has 1 N–H and O–H groups in total. The summed E-state index contributed by atoms with van der Waals surface area (Å²) in [4.78, 5) is 4.18. The Morgan fingerprint density at radius 2 is 2.19 bits per heavy atom. The molecule has 0 aliphatic rings. The highest BCUT2D eigenvalue weighted by molar-refractivity contribution is 7.83. The van der Waals surface area contributed by atoms with Crippen molar-refractivity contribution >= 4 is 18.8 Å². The van der Waals surface area contributed by atoms with Crippen molar-refractivity contribution in [3.63, 3.8) is 0 Å². The van der Waals surface area contributed by atoms with E-state index in [2.05, 4.69) is 29.5 Å². The zero-order chi connectivity index (χ0) is 12.2. The number of aliphatic imine (C=N–C) groups is 1. The van der Waals surface area contributed by atoms with E-state index < -0.39 is 0 Å². The molecule has 0 saturated carbocycles. The number of nitrogens with zero attached hydrogens (tertiary/aromatic N) is 1. The zero-order valence-electron chi connectivity index (χ0n) is 9.72. The third-order valence-corrected chi connectivity index (χ3v) is 1.72. The van der Waals surface area contributed by atoms with Crippen LogP contribution in [0.15, 0.2) is 65.0 Å². The fraction of sp³-hybridized carbons (Fsp3) is 0.154. The average molecular weight is 234 g/mol. The molecule has 0 spiro atoms. The molecule has 0 fully saturated rings. The molecular formula is C13H18N2S. The molecule has 0 aromatic rings. The van der Waals surface area contributed by atoms with Gasteiger partial charge in [0.25, 0.3) is 0 Å². The van der Waals surface area contributed by atoms with Gasteiger partial charge < -0.3 is 5.32 Å². The molecule has 0 aliphatic heterocycles. The summed E-state index contributed by atoms with van der Waals surface area (Å²) in [6, 6.07) is 0. The van der Waals surface area contributed by atoms with Gasteiger partial charge in [-0.3, -0.25) is 4.99 Å². The number of rotatable bonds is 6. The Hall–Kier alpha value is -1.48. The van der Waals surface area contributed by atoms with Crippen LogP contribution in [0.5, 0.6) is 0 Å². The number of hydrogen-bond donors (Lipinski definition) is 2. The number of nitrogens with one attached hydrogen (secondary N) is 1. The molecule has 0 aromatic heterocycles. The lowest BCUT2D eigenvalue weighted by Crippen LogP contribution is -2.04. The van der Waals surface area contributed by atoms with Crippen LogP contribution in [-0.4, -0.2) is 6.21 Å². The van der Waals surface area contributed by atoms with Gasteiger partial charge in [0.15, 0.2) is 0 Å². The van der Waals surface area contributed by atoms with Gasteiger partial charge in [0.05, 0.1) is 11.9 Å². The van der Waals surface area contributed by atoms with Crippen molar-refractivity contribution in [2.75, 3.05) is 0 Å². The van der Waals surface area contributed by atoms with Gasteiger partial charge in [-0.1, -0.05) is 24.8 Å². The van der Waals surface area contributed by atoms with Crippen molar-refractivity contribution in [3.05, 3.63) is 60.0 Å². The van der Waals surface area contributed by atoms with Crippen molar-refractivity contribution in [2.45, 2.75) is 13.8 Å². The summed E-state index contributed by atoms with van der Waals surface area (Å²) < 4.78 is 0. The maximum absolute atomic E-state index is 4.18. The first kappa shape index (κ1) is 14.5. The first-order valence-corrected chi connectivity index (χ1v) is 5.47. The van der Waals surface area contributed by atoms with Crippen LogP contribution in [0.3, 0.4) is 0 Å². The fourth-order valence-electron chi connectivity index (χ4n) is 0.842. The van der Waals surface area contributed by atoms with Crippen LogP contribution >= 0.6 is 12.6 Å². The molecule has 0 saturated heterocycles. The summed E-state index contributed by atoms with van der Waals surface area (Å²) >= 11 is 3.98. The van der Waals surface area contributed by atoms with Crippen molar-refractivity contribution in [1.82, 2.24) is 5.32 Å². The SMILES string of the molecule is C=CNC(/C=N\C=C(C)\C=C/S)=C/C=C\C. The summed E-state index contributed by atoms with van der Waals surface area (Å²) in [6.07, 6.45) is 12.8. The second-order valence-electron chi connectivity index (χ2n) is 2.96. The Kier molecular flexibility index (Phi) is 9.12. The maximum atomic E-state index is 4.18. The van der Waals surface area contributed by atoms with Crippen LogP contribution in [0.25, 0.3) is 0 Å². The summed E-state index contributed by atoms with van der Waals surface area (Å²) in [6.45, 7) is 7.52. The van der Waals surface area contributed by atoms with E-state index in [9.17, 15) is 0 Å². The summed E-state index contributed by atoms with van der Waals surface area (Å²) in [7, 11) is 0. The van der Waals surface area contributed by atoms with Gasteiger partial charge in [0.1, 0.15) is 0 Å². The lowest BCUT2D eigenvalue weighted by Gasteiger charge is -1.97. The smallest absolute Gasteiger partial charge is 0.0565 e. The summed E-state index contributed by atoms with van der Waals surface area (Å²) in [5.41, 5.74) is 1.92. The average Bonchev–Trinajstić information content (AvgIpc) is 2.26. The lowest BCUT2D eigenvalue weighted by atomic mass is 10.3. The molecule has 0 rings (SSSR count). The van der Waals surface area contributed by atoms with Gasteiger partial charge in [-0.05, 0) is 37.1 Å². The van der Waals surface area contributed by atoms with Gasteiger partial charge in [-0.2, -0.15) is 12.6 Å².